The standard InChI is InChI=1S/C29H46O10P2/c1-9-10-11-12-24-16-27(38-40(7,32)36-18-34-22(5)30)29(26-15-21(4)13-14-25(26)20(2)3)28(17-24)39-41(8,33)37-19-35-23(6)31/h15-16,25-26,28H,2,9-14,17-19H2,1,3-8H3. The molecule has 232 valence electrons. The Morgan fingerprint density at radius 1 is 1.00 bits per heavy atom. The highest BCUT2D eigenvalue weighted by molar-refractivity contribution is 7.53. The summed E-state index contributed by atoms with van der Waals surface area (Å²) in [5.41, 5.74) is 3.78. The Hall–Kier alpha value is -1.96. The minimum Gasteiger partial charge on any atom is -0.438 e. The zero-order chi connectivity index (χ0) is 30.8. The first kappa shape index (κ1) is 35.2. The molecule has 0 saturated heterocycles. The first-order valence-corrected chi connectivity index (χ1v) is 18.0. The molecule has 41 heavy (non-hydrogen) atoms. The number of hydrogen-bond donors (Lipinski definition) is 0. The molecule has 12 heteroatoms. The summed E-state index contributed by atoms with van der Waals surface area (Å²) >= 11 is 0. The molecule has 5 atom stereocenters. The molecule has 5 unspecified atom stereocenters. The van der Waals surface area contributed by atoms with Gasteiger partial charge in [-0.2, -0.15) is 0 Å². The molecule has 2 rings (SSSR count). The molecule has 2 aliphatic carbocycles. The normalized spacial score (nSPS) is 23.9. The van der Waals surface area contributed by atoms with Crippen LogP contribution < -0.4 is 0 Å². The van der Waals surface area contributed by atoms with Crippen LogP contribution in [0.25, 0.3) is 0 Å². The van der Waals surface area contributed by atoms with Crippen LogP contribution in [0.1, 0.15) is 79.6 Å². The van der Waals surface area contributed by atoms with Gasteiger partial charge in [-0.1, -0.05) is 49.1 Å². The van der Waals surface area contributed by atoms with Gasteiger partial charge in [-0.05, 0) is 57.9 Å². The minimum atomic E-state index is -3.77. The number of allylic oxidation sites excluding steroid dienone is 4. The lowest BCUT2D eigenvalue weighted by Gasteiger charge is -2.39. The summed E-state index contributed by atoms with van der Waals surface area (Å²) in [7, 11) is -7.49. The van der Waals surface area contributed by atoms with E-state index in [2.05, 4.69) is 19.6 Å². The summed E-state index contributed by atoms with van der Waals surface area (Å²) in [6, 6.07) is 0. The Kier molecular flexibility index (Phi) is 13.8. The largest absolute Gasteiger partial charge is 0.438 e. The van der Waals surface area contributed by atoms with Gasteiger partial charge in [0.15, 0.2) is 0 Å². The fraction of sp³-hybridized carbons (Fsp3) is 0.655. The van der Waals surface area contributed by atoms with Crippen LogP contribution in [0.4, 0.5) is 0 Å². The molecule has 0 aliphatic heterocycles. The molecule has 10 nitrogen and oxygen atoms in total. The first-order chi connectivity index (χ1) is 19.1. The van der Waals surface area contributed by atoms with Gasteiger partial charge in [0, 0.05) is 32.0 Å². The molecule has 0 aromatic heterocycles. The lowest BCUT2D eigenvalue weighted by atomic mass is 9.70. The van der Waals surface area contributed by atoms with E-state index in [0.29, 0.717) is 17.8 Å². The average molecular weight is 617 g/mol. The van der Waals surface area contributed by atoms with Gasteiger partial charge >= 0.3 is 27.1 Å². The third-order valence-electron chi connectivity index (χ3n) is 6.94. The molecule has 0 saturated carbocycles. The zero-order valence-electron chi connectivity index (χ0n) is 25.4. The van der Waals surface area contributed by atoms with Crippen LogP contribution in [0, 0.1) is 11.8 Å². The summed E-state index contributed by atoms with van der Waals surface area (Å²) in [5.74, 6) is -1.04. The average Bonchev–Trinajstić information content (AvgIpc) is 2.82. The fourth-order valence-corrected chi connectivity index (χ4v) is 6.74. The molecule has 0 N–H and O–H groups in total. The molecule has 0 aromatic rings. The van der Waals surface area contributed by atoms with E-state index in [4.69, 9.17) is 27.6 Å². The highest BCUT2D eigenvalue weighted by Gasteiger charge is 2.40. The van der Waals surface area contributed by atoms with E-state index in [9.17, 15) is 18.7 Å². The van der Waals surface area contributed by atoms with Gasteiger partial charge in [-0.15, -0.1) is 0 Å². The highest BCUT2D eigenvalue weighted by atomic mass is 31.2. The van der Waals surface area contributed by atoms with E-state index in [0.717, 1.165) is 49.7 Å². The summed E-state index contributed by atoms with van der Waals surface area (Å²) in [6.07, 6.45) is 9.15. The van der Waals surface area contributed by atoms with Gasteiger partial charge in [0.2, 0.25) is 13.6 Å². The van der Waals surface area contributed by atoms with Crippen molar-refractivity contribution in [2.75, 3.05) is 26.9 Å². The predicted molar refractivity (Wildman–Crippen MR) is 157 cm³/mol. The molecule has 0 fully saturated rings. The van der Waals surface area contributed by atoms with E-state index in [1.165, 1.54) is 32.8 Å². The fourth-order valence-electron chi connectivity index (χ4n) is 4.97. The van der Waals surface area contributed by atoms with E-state index in [1.54, 1.807) is 0 Å². The molecule has 2 aliphatic rings. The van der Waals surface area contributed by atoms with Crippen molar-refractivity contribution in [3.8, 4) is 0 Å². The van der Waals surface area contributed by atoms with Crippen LogP contribution in [0.2, 0.25) is 0 Å². The van der Waals surface area contributed by atoms with Crippen LogP contribution in [-0.2, 0) is 46.3 Å². The Morgan fingerprint density at radius 3 is 2.17 bits per heavy atom. The number of esters is 2. The van der Waals surface area contributed by atoms with Crippen molar-refractivity contribution in [1.82, 2.24) is 0 Å². The topological polar surface area (TPSA) is 124 Å². The SMILES string of the molecule is C=C(C)C1CCC(C)=CC1C1=C(OP(C)(=O)OCOC(C)=O)C=C(CCCCC)CC1OP(C)(=O)OCOC(C)=O. The van der Waals surface area contributed by atoms with Gasteiger partial charge in [0.1, 0.15) is 5.76 Å². The third-order valence-corrected chi connectivity index (χ3v) is 9.25. The molecule has 0 spiro atoms. The van der Waals surface area contributed by atoms with Crippen LogP contribution in [0.5, 0.6) is 0 Å². The summed E-state index contributed by atoms with van der Waals surface area (Å²) < 4.78 is 59.5. The predicted octanol–water partition coefficient (Wildman–Crippen LogP) is 7.82. The van der Waals surface area contributed by atoms with Crippen molar-refractivity contribution in [3.63, 3.8) is 0 Å². The number of carbonyl (C=O) groups is 2. The second kappa shape index (κ2) is 16.0. The lowest BCUT2D eigenvalue weighted by molar-refractivity contribution is -0.148. The van der Waals surface area contributed by atoms with Gasteiger partial charge in [0.25, 0.3) is 0 Å². The first-order valence-electron chi connectivity index (χ1n) is 14.0. The zero-order valence-corrected chi connectivity index (χ0v) is 27.2. The number of rotatable bonds is 16. The van der Waals surface area contributed by atoms with E-state index in [1.807, 2.05) is 19.9 Å². The second-order valence-electron chi connectivity index (χ2n) is 10.8. The van der Waals surface area contributed by atoms with Gasteiger partial charge < -0.3 is 18.5 Å². The Labute approximate surface area is 244 Å². The second-order valence-corrected chi connectivity index (χ2v) is 14.8. The van der Waals surface area contributed by atoms with Crippen LogP contribution in [0.3, 0.4) is 0 Å². The van der Waals surface area contributed by atoms with Gasteiger partial charge in [-0.25, -0.2) is 4.57 Å². The molecular weight excluding hydrogens is 570 g/mol. The van der Waals surface area contributed by atoms with Crippen molar-refractivity contribution in [3.05, 3.63) is 46.8 Å². The molecule has 0 heterocycles. The Bertz CT molecular complexity index is 1150. The summed E-state index contributed by atoms with van der Waals surface area (Å²) in [4.78, 5) is 22.4. The molecule has 0 bridgehead atoms. The number of hydrogen-bond acceptors (Lipinski definition) is 10. The maximum absolute atomic E-state index is 13.5. The van der Waals surface area contributed by atoms with E-state index >= 15 is 0 Å². The quantitative estimate of drug-likeness (QED) is 0.0557. The van der Waals surface area contributed by atoms with Crippen LogP contribution >= 0.6 is 15.2 Å². The number of ether oxygens (including phenoxy) is 2. The number of carbonyl (C=O) groups excluding carboxylic acids is 2. The minimum absolute atomic E-state index is 0.0323. The summed E-state index contributed by atoms with van der Waals surface area (Å²) in [5, 5.41) is 0. The lowest BCUT2D eigenvalue weighted by Crippen LogP contribution is -2.31. The van der Waals surface area contributed by atoms with Gasteiger partial charge in [0.05, 0.1) is 12.8 Å². The van der Waals surface area contributed by atoms with Crippen molar-refractivity contribution in [2.45, 2.75) is 85.7 Å². The maximum Gasteiger partial charge on any atom is 0.379 e. The monoisotopic (exact) mass is 616 g/mol. The van der Waals surface area contributed by atoms with Crippen molar-refractivity contribution < 1.29 is 46.3 Å². The molecule has 0 radical (unpaired) electrons. The van der Waals surface area contributed by atoms with Crippen molar-refractivity contribution in [1.29, 1.82) is 0 Å². The van der Waals surface area contributed by atoms with Gasteiger partial charge in [-0.3, -0.25) is 23.2 Å². The highest BCUT2D eigenvalue weighted by Crippen LogP contribution is 2.54. The maximum atomic E-state index is 13.5. The molecular formula is C29H46O10P2. The van der Waals surface area contributed by atoms with Crippen molar-refractivity contribution in [2.24, 2.45) is 11.8 Å². The van der Waals surface area contributed by atoms with E-state index in [-0.39, 0.29) is 11.8 Å². The van der Waals surface area contributed by atoms with Crippen LogP contribution in [0.15, 0.2) is 46.8 Å². The molecule has 0 aromatic carbocycles. The molecule has 0 amide bonds. The van der Waals surface area contributed by atoms with E-state index < -0.39 is 46.8 Å². The smallest absolute Gasteiger partial charge is 0.379 e. The third kappa shape index (κ3) is 12.0. The summed E-state index contributed by atoms with van der Waals surface area (Å²) in [6.45, 7) is 14.4. The van der Waals surface area contributed by atoms with Crippen LogP contribution in [-0.4, -0.2) is 45.0 Å². The van der Waals surface area contributed by atoms with Crippen molar-refractivity contribution >= 4 is 27.1 Å². The number of unbranched alkanes of at least 4 members (excludes halogenated alkanes) is 2. The Morgan fingerprint density at radius 2 is 1.61 bits per heavy atom. The Balaban J connectivity index is 2.61.